The lowest BCUT2D eigenvalue weighted by atomic mass is 9.71. The Balaban J connectivity index is 0.00000306. The van der Waals surface area contributed by atoms with E-state index in [4.69, 9.17) is 20.5 Å². The third-order valence-electron chi connectivity index (χ3n) is 5.22. The molecule has 2 aromatic carbocycles. The van der Waals surface area contributed by atoms with Crippen LogP contribution < -0.4 is 15.9 Å². The Morgan fingerprint density at radius 2 is 2.03 bits per heavy atom. The molecule has 4 N–H and O–H groups in total. The minimum atomic E-state index is -4.51. The van der Waals surface area contributed by atoms with Crippen molar-refractivity contribution in [3.63, 3.8) is 0 Å². The second-order valence-electron chi connectivity index (χ2n) is 7.41. The molecule has 172 valence electrons. The van der Waals surface area contributed by atoms with Crippen LogP contribution in [0.5, 0.6) is 5.75 Å². The number of ether oxygens (including phenoxy) is 1. The fourth-order valence-corrected chi connectivity index (χ4v) is 3.59. The summed E-state index contributed by atoms with van der Waals surface area (Å²) in [6, 6.07) is 11.9. The number of hydrogen-bond donors (Lipinski definition) is 3. The van der Waals surface area contributed by atoms with Gasteiger partial charge in [0.05, 0.1) is 17.2 Å². The molecule has 4 rings (SSSR count). The molecule has 0 saturated heterocycles. The van der Waals surface area contributed by atoms with E-state index in [1.54, 1.807) is 36.7 Å². The molecule has 0 bridgehead atoms. The minimum absolute atomic E-state index is 0. The van der Waals surface area contributed by atoms with Gasteiger partial charge in [0.1, 0.15) is 18.2 Å². The Labute approximate surface area is 194 Å². The average Bonchev–Trinajstić information content (AvgIpc) is 2.77. The minimum Gasteiger partial charge on any atom is -0.488 e. The molecule has 0 aliphatic carbocycles. The highest BCUT2D eigenvalue weighted by molar-refractivity contribution is 6.61. The highest BCUT2D eigenvalue weighted by Gasteiger charge is 2.36. The summed E-state index contributed by atoms with van der Waals surface area (Å²) in [6.45, 7) is 0.203. The van der Waals surface area contributed by atoms with Crippen molar-refractivity contribution in [1.29, 1.82) is 5.41 Å². The molecule has 1 aliphatic rings. The lowest BCUT2D eigenvalue weighted by Gasteiger charge is -2.29. The van der Waals surface area contributed by atoms with Crippen LogP contribution in [0, 0.1) is 5.41 Å². The van der Waals surface area contributed by atoms with Gasteiger partial charge < -0.3 is 20.1 Å². The van der Waals surface area contributed by atoms with Crippen LogP contribution in [0.1, 0.15) is 33.9 Å². The number of nitrogens with one attached hydrogen (secondary N) is 1. The third-order valence-corrected chi connectivity index (χ3v) is 5.22. The lowest BCUT2D eigenvalue weighted by Crippen LogP contribution is -2.43. The first-order chi connectivity index (χ1) is 15.2. The SMILES string of the molecule is Cl.N=C(N)c1ccc(C2Cc3ccc(C(F)(F)F)cc3B(O)O2)cc1OCc1cccnc1. The number of nitrogen functional groups attached to an aromatic ring is 1. The molecule has 3 aromatic rings. The summed E-state index contributed by atoms with van der Waals surface area (Å²) in [4.78, 5) is 4.03. The second kappa shape index (κ2) is 9.82. The van der Waals surface area contributed by atoms with E-state index in [9.17, 15) is 18.2 Å². The molecule has 6 nitrogen and oxygen atoms in total. The number of alkyl halides is 3. The normalized spacial score (nSPS) is 15.4. The van der Waals surface area contributed by atoms with Crippen molar-refractivity contribution < 1.29 is 27.6 Å². The smallest absolute Gasteiger partial charge is 0.488 e. The number of fused-ring (bicyclic) bond motifs is 1. The summed E-state index contributed by atoms with van der Waals surface area (Å²) in [6.07, 6.45) is -1.55. The number of nitrogens with two attached hydrogens (primary N) is 1. The van der Waals surface area contributed by atoms with Gasteiger partial charge in [-0.15, -0.1) is 12.4 Å². The highest BCUT2D eigenvalue weighted by Crippen LogP contribution is 2.33. The van der Waals surface area contributed by atoms with Crippen molar-refractivity contribution in [2.75, 3.05) is 0 Å². The van der Waals surface area contributed by atoms with E-state index in [1.165, 1.54) is 6.07 Å². The van der Waals surface area contributed by atoms with Gasteiger partial charge in [0, 0.05) is 24.4 Å². The summed E-state index contributed by atoms with van der Waals surface area (Å²) in [5, 5.41) is 18.2. The Kier molecular flexibility index (Phi) is 7.31. The van der Waals surface area contributed by atoms with Crippen molar-refractivity contribution in [1.82, 2.24) is 4.98 Å². The molecule has 0 spiro atoms. The van der Waals surface area contributed by atoms with E-state index >= 15 is 0 Å². The molecule has 0 saturated carbocycles. The molecule has 1 atom stereocenters. The molecule has 0 amide bonds. The third kappa shape index (κ3) is 5.47. The van der Waals surface area contributed by atoms with Gasteiger partial charge in [0.15, 0.2) is 0 Å². The van der Waals surface area contributed by atoms with Gasteiger partial charge in [-0.05, 0) is 46.9 Å². The number of halogens is 4. The lowest BCUT2D eigenvalue weighted by molar-refractivity contribution is -0.137. The Morgan fingerprint density at radius 1 is 1.24 bits per heavy atom. The molecule has 33 heavy (non-hydrogen) atoms. The summed E-state index contributed by atoms with van der Waals surface area (Å²) in [5.41, 5.74) is 7.36. The van der Waals surface area contributed by atoms with E-state index in [0.29, 0.717) is 22.4 Å². The fraction of sp³-hybridized carbons (Fsp3) is 0.182. The van der Waals surface area contributed by atoms with Gasteiger partial charge in [0.2, 0.25) is 0 Å². The molecule has 1 aromatic heterocycles. The van der Waals surface area contributed by atoms with Crippen molar-refractivity contribution in [2.24, 2.45) is 5.73 Å². The van der Waals surface area contributed by atoms with E-state index in [-0.39, 0.29) is 36.7 Å². The van der Waals surface area contributed by atoms with Crippen molar-refractivity contribution in [3.8, 4) is 5.75 Å². The fourth-order valence-electron chi connectivity index (χ4n) is 3.59. The van der Waals surface area contributed by atoms with Crippen molar-refractivity contribution in [2.45, 2.75) is 25.3 Å². The zero-order valence-corrected chi connectivity index (χ0v) is 18.0. The zero-order chi connectivity index (χ0) is 22.9. The summed E-state index contributed by atoms with van der Waals surface area (Å²) in [5.74, 6) is 0.183. The highest BCUT2D eigenvalue weighted by atomic mass is 35.5. The van der Waals surface area contributed by atoms with Crippen LogP contribution in [0.3, 0.4) is 0 Å². The number of aromatic nitrogens is 1. The molecule has 2 heterocycles. The first kappa shape index (κ1) is 24.6. The van der Waals surface area contributed by atoms with Crippen molar-refractivity contribution >= 4 is 30.8 Å². The van der Waals surface area contributed by atoms with Crippen LogP contribution in [0.2, 0.25) is 0 Å². The Hall–Kier alpha value is -3.08. The molecule has 0 radical (unpaired) electrons. The summed E-state index contributed by atoms with van der Waals surface area (Å²) < 4.78 is 50.5. The standard InChI is InChI=1S/C22H19BF3N3O3.ClH/c24-22(25,26)16-5-3-14-8-19(32-23(30)18(14)10-16)15-4-6-17(21(27)28)20(9-15)31-12-13-2-1-7-29-11-13;/h1-7,9-11,19,30H,8,12H2,(H3,27,28);1H. The maximum absolute atomic E-state index is 13.0. The van der Waals surface area contributed by atoms with E-state index in [0.717, 1.165) is 17.7 Å². The van der Waals surface area contributed by atoms with Crippen LogP contribution in [0.4, 0.5) is 13.2 Å². The Bertz CT molecular complexity index is 1150. The topological polar surface area (TPSA) is 101 Å². The number of pyridine rings is 1. The first-order valence-electron chi connectivity index (χ1n) is 9.76. The molecule has 1 unspecified atom stereocenters. The van der Waals surface area contributed by atoms with E-state index in [1.807, 2.05) is 6.07 Å². The Morgan fingerprint density at radius 3 is 2.70 bits per heavy atom. The number of amidine groups is 1. The predicted molar refractivity (Wildman–Crippen MR) is 120 cm³/mol. The number of rotatable bonds is 5. The van der Waals surface area contributed by atoms with Gasteiger partial charge in [-0.1, -0.05) is 18.2 Å². The first-order valence-corrected chi connectivity index (χ1v) is 9.76. The van der Waals surface area contributed by atoms with Gasteiger partial charge in [0.25, 0.3) is 0 Å². The number of hydrogen-bond acceptors (Lipinski definition) is 5. The van der Waals surface area contributed by atoms with Gasteiger partial charge in [-0.3, -0.25) is 10.4 Å². The number of benzene rings is 2. The monoisotopic (exact) mass is 477 g/mol. The van der Waals surface area contributed by atoms with Crippen molar-refractivity contribution in [3.05, 3.63) is 88.7 Å². The average molecular weight is 478 g/mol. The van der Waals surface area contributed by atoms with Crippen LogP contribution in [0.25, 0.3) is 0 Å². The predicted octanol–water partition coefficient (Wildman–Crippen LogP) is 3.39. The largest absolute Gasteiger partial charge is 0.491 e. The molecule has 0 fully saturated rings. The number of nitrogens with zero attached hydrogens (tertiary/aromatic N) is 1. The van der Waals surface area contributed by atoms with E-state index < -0.39 is 25.0 Å². The van der Waals surface area contributed by atoms with Gasteiger partial charge in [-0.2, -0.15) is 13.2 Å². The maximum atomic E-state index is 13.0. The van der Waals surface area contributed by atoms with Crippen LogP contribution in [-0.2, 0) is 23.9 Å². The zero-order valence-electron chi connectivity index (χ0n) is 17.2. The van der Waals surface area contributed by atoms with E-state index in [2.05, 4.69) is 4.98 Å². The second-order valence-corrected chi connectivity index (χ2v) is 7.41. The molecule has 1 aliphatic heterocycles. The van der Waals surface area contributed by atoms with Gasteiger partial charge >= 0.3 is 13.3 Å². The summed E-state index contributed by atoms with van der Waals surface area (Å²) >= 11 is 0. The molecule has 11 heteroatoms. The van der Waals surface area contributed by atoms with Gasteiger partial charge in [-0.25, -0.2) is 0 Å². The molecular weight excluding hydrogens is 458 g/mol. The van der Waals surface area contributed by atoms with Crippen LogP contribution >= 0.6 is 12.4 Å². The molecular formula is C22H20BClF3N3O3. The maximum Gasteiger partial charge on any atom is 0.491 e. The van der Waals surface area contributed by atoms with Crippen LogP contribution in [-0.4, -0.2) is 23.0 Å². The summed E-state index contributed by atoms with van der Waals surface area (Å²) in [7, 11) is -1.50. The quantitative estimate of drug-likeness (QED) is 0.297. The van der Waals surface area contributed by atoms with Crippen LogP contribution in [0.15, 0.2) is 60.9 Å².